The van der Waals surface area contributed by atoms with Gasteiger partial charge in [-0.15, -0.1) is 0 Å². The van der Waals surface area contributed by atoms with E-state index in [1.165, 1.54) is 0 Å². The lowest BCUT2D eigenvalue weighted by molar-refractivity contribution is -0.121. The van der Waals surface area contributed by atoms with Crippen LogP contribution >= 0.6 is 69.6 Å². The third-order valence-corrected chi connectivity index (χ3v) is 26.3. The van der Waals surface area contributed by atoms with Crippen LogP contribution in [0.15, 0.2) is 124 Å². The fraction of sp³-hybridized carbons (Fsp3) is 0.524. The molecule has 0 aromatic heterocycles. The Labute approximate surface area is 729 Å². The van der Waals surface area contributed by atoms with E-state index in [1.807, 2.05) is 57.5 Å². The molecule has 656 valence electrons. The summed E-state index contributed by atoms with van der Waals surface area (Å²) in [4.78, 5) is 46.2. The second-order valence-corrected chi connectivity index (χ2v) is 37.3. The Kier molecular flexibility index (Phi) is 40.5. The molecule has 3 aliphatic rings. The van der Waals surface area contributed by atoms with E-state index in [0.717, 1.165) is 50.1 Å². The highest BCUT2D eigenvalue weighted by Gasteiger charge is 2.33. The molecule has 3 unspecified atom stereocenters. The van der Waals surface area contributed by atoms with Crippen molar-refractivity contribution in [1.82, 2.24) is 44.8 Å². The average molecular weight is 1830 g/mol. The van der Waals surface area contributed by atoms with E-state index >= 15 is 0 Å². The highest BCUT2D eigenvalue weighted by Crippen LogP contribution is 2.42. The molecule has 6 aromatic rings. The van der Waals surface area contributed by atoms with Gasteiger partial charge < -0.3 is 79.0 Å². The van der Waals surface area contributed by atoms with Gasteiger partial charge in [-0.25, -0.2) is 39.4 Å². The van der Waals surface area contributed by atoms with E-state index in [1.54, 1.807) is 72.8 Å². The van der Waals surface area contributed by atoms with Crippen LogP contribution in [0.2, 0.25) is 30.1 Å². The predicted molar refractivity (Wildman–Crippen MR) is 460 cm³/mol. The fourth-order valence-corrected chi connectivity index (χ4v) is 19.1. The molecule has 0 saturated heterocycles. The minimum Gasteiger partial charge on any atom is -0.378 e. The van der Waals surface area contributed by atoms with Gasteiger partial charge in [-0.1, -0.05) is 106 Å². The fourth-order valence-electron chi connectivity index (χ4n) is 14.2. The second-order valence-electron chi connectivity index (χ2n) is 29.4. The molecule has 6 aromatic carbocycles. The van der Waals surface area contributed by atoms with E-state index in [0.29, 0.717) is 69.4 Å². The van der Waals surface area contributed by atoms with Crippen molar-refractivity contribution in [2.75, 3.05) is 199 Å². The van der Waals surface area contributed by atoms with Gasteiger partial charge in [0.15, 0.2) is 0 Å². The van der Waals surface area contributed by atoms with Gasteiger partial charge in [-0.3, -0.25) is 14.4 Å². The Balaban J connectivity index is 0.613. The number of nitrogens with two attached hydrogens (primary N) is 1. The molecule has 0 spiro atoms. The number of fused-ring (bicyclic) bond motifs is 3. The highest BCUT2D eigenvalue weighted by molar-refractivity contribution is 7.90. The number of ether oxygens (including phenoxy) is 9. The maximum absolute atomic E-state index is 13.3. The number of carbonyl (C=O) groups excluding carboxylic acids is 3. The number of benzene rings is 6. The van der Waals surface area contributed by atoms with Crippen molar-refractivity contribution >= 4 is 117 Å². The zero-order valence-electron chi connectivity index (χ0n) is 67.3. The van der Waals surface area contributed by atoms with Gasteiger partial charge in [0, 0.05) is 151 Å². The van der Waals surface area contributed by atoms with Gasteiger partial charge in [0.2, 0.25) is 47.8 Å². The average Bonchev–Trinajstić information content (AvgIpc) is 0.781. The molecule has 9 rings (SSSR count). The van der Waals surface area contributed by atoms with Crippen LogP contribution < -0.4 is 35.9 Å². The van der Waals surface area contributed by atoms with Gasteiger partial charge in [0.05, 0.1) is 134 Å². The molecule has 0 fully saturated rings. The Hall–Kier alpha value is -5.32. The molecule has 28 nitrogen and oxygen atoms in total. The van der Waals surface area contributed by atoms with Crippen LogP contribution in [0.4, 0.5) is 0 Å². The van der Waals surface area contributed by atoms with Crippen LogP contribution in [0, 0.1) is 0 Å². The molecule has 0 saturated carbocycles. The molecule has 0 radical (unpaired) electrons. The SMILES string of the molecule is CN1Cc2c(Cl)cc(Cl)cc2C(c2cccc(S(=O)(=O)NCCOCCOCCOCCNC(=O)CCC(N)(CCC(=O)NCCOCCOCCOCCNS(=O)(=O)c3cccc(C4CN(C)Cc5c(Cl)cc(Cl)cc54)c3)CCC(=O)NCCOCCOCCOCCNS(=O)(=O)c3cccc(C4CN(C)Cc5c(Cl)cc(Cl)cc54)c3)c2)C1. The normalized spacial score (nSPS) is 16.5. The van der Waals surface area contributed by atoms with E-state index in [4.69, 9.17) is 118 Å². The van der Waals surface area contributed by atoms with E-state index in [2.05, 4.69) is 44.8 Å². The minimum atomic E-state index is -3.85. The third-order valence-electron chi connectivity index (χ3n) is 20.3. The zero-order chi connectivity index (χ0) is 85.4. The van der Waals surface area contributed by atoms with Crippen LogP contribution in [-0.2, 0) is 107 Å². The topological polar surface area (TPSA) is 345 Å². The molecule has 3 heterocycles. The first-order valence-electron chi connectivity index (χ1n) is 39.6. The smallest absolute Gasteiger partial charge is 0.240 e. The standard InChI is InChI=1S/C82H110Cl6N10O18S3/c1-96-52-70(67-46-61(83)49-76(86)73(67)55-96)58-7-4-10-64(43-58)117(102,103)93-22-28-111-34-40-114-37-31-108-25-19-90-79(99)13-16-82(89,17-14-80(100)91-20-26-109-32-38-115-41-35-112-29-23-94-118(104,105)65-11-5-8-59(44-65)71-53-97(2)56-74-68(71)47-62(84)50-77(74)87)18-15-81(101)92-21-27-110-33-39-116-42-36-113-30-24-95-119(106,107)66-12-6-9-60(45-66)72-54-98(3)57-75-69(72)48-63(85)51-78(75)88/h4-12,43-51,70-72,93-95H,13-42,52-57,89H2,1-3H3,(H,90,99)(H,91,100)(H,92,101). The van der Waals surface area contributed by atoms with Crippen LogP contribution in [-0.4, -0.2) is 262 Å². The minimum absolute atomic E-state index is 0.0168. The molecular weight excluding hydrogens is 1720 g/mol. The number of rotatable bonds is 54. The largest absolute Gasteiger partial charge is 0.378 e. The Morgan fingerprint density at radius 1 is 0.361 bits per heavy atom. The molecule has 0 aliphatic carbocycles. The maximum atomic E-state index is 13.3. The number of amides is 3. The summed E-state index contributed by atoms with van der Waals surface area (Å²) >= 11 is 38.8. The molecule has 8 N–H and O–H groups in total. The van der Waals surface area contributed by atoms with Gasteiger partial charge in [-0.2, -0.15) is 0 Å². The lowest BCUT2D eigenvalue weighted by atomic mass is 9.84. The van der Waals surface area contributed by atoms with Crippen molar-refractivity contribution in [3.8, 4) is 0 Å². The molecule has 37 heteroatoms. The number of nitrogens with one attached hydrogen (secondary N) is 6. The van der Waals surface area contributed by atoms with Gasteiger partial charge >= 0.3 is 0 Å². The number of halogens is 6. The third kappa shape index (κ3) is 32.0. The van der Waals surface area contributed by atoms with Crippen molar-refractivity contribution in [1.29, 1.82) is 0 Å². The molecule has 119 heavy (non-hydrogen) atoms. The van der Waals surface area contributed by atoms with Crippen LogP contribution in [0.25, 0.3) is 0 Å². The van der Waals surface area contributed by atoms with E-state index in [-0.39, 0.29) is 247 Å². The predicted octanol–water partition coefficient (Wildman–Crippen LogP) is 9.11. The van der Waals surface area contributed by atoms with Gasteiger partial charge in [0.1, 0.15) is 0 Å². The summed E-state index contributed by atoms with van der Waals surface area (Å²) in [5.74, 6) is -1.25. The summed E-state index contributed by atoms with van der Waals surface area (Å²) < 4.78 is 138. The maximum Gasteiger partial charge on any atom is 0.240 e. The first-order valence-corrected chi connectivity index (χ1v) is 46.4. The molecule has 3 atom stereocenters. The summed E-state index contributed by atoms with van der Waals surface area (Å²) in [5.41, 5.74) is 14.2. The summed E-state index contributed by atoms with van der Waals surface area (Å²) in [6, 6.07) is 31.4. The highest BCUT2D eigenvalue weighted by atomic mass is 35.5. The second kappa shape index (κ2) is 49.4. The number of likely N-dealkylation sites (N-methyl/N-ethyl adjacent to an activating group) is 3. The Morgan fingerprint density at radius 3 is 0.849 bits per heavy atom. The molecule has 3 amide bonds. The van der Waals surface area contributed by atoms with Crippen LogP contribution in [0.5, 0.6) is 0 Å². The summed E-state index contributed by atoms with van der Waals surface area (Å²) in [6.07, 6.45) is 0.571. The van der Waals surface area contributed by atoms with Gasteiger partial charge in [0.25, 0.3) is 0 Å². The van der Waals surface area contributed by atoms with Crippen LogP contribution in [0.1, 0.15) is 106 Å². The first-order chi connectivity index (χ1) is 57.1. The Morgan fingerprint density at radius 2 is 0.597 bits per heavy atom. The lowest BCUT2D eigenvalue weighted by Gasteiger charge is -2.33. The Bertz CT molecular complexity index is 4200. The number of carbonyl (C=O) groups is 3. The number of nitrogens with zero attached hydrogens (tertiary/aromatic N) is 3. The summed E-state index contributed by atoms with van der Waals surface area (Å²) in [5, 5.41) is 11.8. The van der Waals surface area contributed by atoms with Crippen molar-refractivity contribution in [3.63, 3.8) is 0 Å². The van der Waals surface area contributed by atoms with E-state index < -0.39 is 35.6 Å². The first kappa shape index (κ1) is 97.5. The molecular formula is C82H110Cl6N10O18S3. The van der Waals surface area contributed by atoms with Crippen molar-refractivity contribution in [2.24, 2.45) is 5.73 Å². The van der Waals surface area contributed by atoms with Crippen LogP contribution in [0.3, 0.4) is 0 Å². The monoisotopic (exact) mass is 1830 g/mol. The van der Waals surface area contributed by atoms with E-state index in [9.17, 15) is 39.6 Å². The van der Waals surface area contributed by atoms with Crippen molar-refractivity contribution in [3.05, 3.63) is 189 Å². The quantitative estimate of drug-likeness (QED) is 0.0175. The van der Waals surface area contributed by atoms with Crippen molar-refractivity contribution in [2.45, 2.75) is 96.1 Å². The van der Waals surface area contributed by atoms with Crippen molar-refractivity contribution < 1.29 is 82.3 Å². The van der Waals surface area contributed by atoms with Gasteiger partial charge in [-0.05, 0) is 163 Å². The lowest BCUT2D eigenvalue weighted by Crippen LogP contribution is -2.44. The number of hydrogen-bond donors (Lipinski definition) is 7. The number of sulfonamides is 3. The molecule has 0 bridgehead atoms. The summed E-state index contributed by atoms with van der Waals surface area (Å²) in [6.45, 7) is 8.55. The molecule has 3 aliphatic heterocycles. The summed E-state index contributed by atoms with van der Waals surface area (Å²) in [7, 11) is -5.57. The number of hydrogen-bond acceptors (Lipinski definition) is 22. The zero-order valence-corrected chi connectivity index (χ0v) is 74.3.